The van der Waals surface area contributed by atoms with Crippen LogP contribution < -0.4 is 5.73 Å². The first-order valence-electron chi connectivity index (χ1n) is 7.05. The molecule has 0 saturated carbocycles. The SMILES string of the molecule is I.NC(=NCc1ccn(-c2ccccc2)n1)N1CCSCC1. The fraction of sp³-hybridized carbons (Fsp3) is 0.333. The number of aliphatic imine (C=N–C) groups is 1. The Morgan fingerprint density at radius 1 is 1.18 bits per heavy atom. The van der Waals surface area contributed by atoms with Gasteiger partial charge in [-0.2, -0.15) is 16.9 Å². The van der Waals surface area contributed by atoms with Crippen molar-refractivity contribution < 1.29 is 0 Å². The summed E-state index contributed by atoms with van der Waals surface area (Å²) in [4.78, 5) is 6.60. The van der Waals surface area contributed by atoms with Crippen LogP contribution in [0.15, 0.2) is 47.6 Å². The molecular formula is C15H20IN5S. The monoisotopic (exact) mass is 429 g/mol. The largest absolute Gasteiger partial charge is 0.370 e. The van der Waals surface area contributed by atoms with Crippen molar-refractivity contribution >= 4 is 41.7 Å². The third-order valence-corrected chi connectivity index (χ3v) is 4.35. The summed E-state index contributed by atoms with van der Waals surface area (Å²) in [6.45, 7) is 2.49. The quantitative estimate of drug-likeness (QED) is 0.463. The smallest absolute Gasteiger partial charge is 0.191 e. The second kappa shape index (κ2) is 8.42. The van der Waals surface area contributed by atoms with Gasteiger partial charge >= 0.3 is 0 Å². The average molecular weight is 429 g/mol. The maximum atomic E-state index is 6.05. The molecule has 2 N–H and O–H groups in total. The van der Waals surface area contributed by atoms with Gasteiger partial charge < -0.3 is 10.6 Å². The van der Waals surface area contributed by atoms with E-state index in [2.05, 4.69) is 15.0 Å². The molecule has 0 aliphatic carbocycles. The molecule has 1 aliphatic rings. The predicted molar refractivity (Wildman–Crippen MR) is 103 cm³/mol. The van der Waals surface area contributed by atoms with Crippen molar-refractivity contribution in [3.05, 3.63) is 48.3 Å². The summed E-state index contributed by atoms with van der Waals surface area (Å²) in [7, 11) is 0. The molecule has 7 heteroatoms. The summed E-state index contributed by atoms with van der Waals surface area (Å²) in [5.74, 6) is 2.88. The number of benzene rings is 1. The molecule has 2 heterocycles. The number of hydrogen-bond donors (Lipinski definition) is 1. The van der Waals surface area contributed by atoms with Gasteiger partial charge in [0.15, 0.2) is 5.96 Å². The van der Waals surface area contributed by atoms with E-state index in [1.807, 2.05) is 59.0 Å². The van der Waals surface area contributed by atoms with Gasteiger partial charge in [-0.3, -0.25) is 0 Å². The normalized spacial score (nSPS) is 15.5. The number of guanidine groups is 1. The summed E-state index contributed by atoms with van der Waals surface area (Å²) >= 11 is 1.96. The third kappa shape index (κ3) is 4.39. The Kier molecular flexibility index (Phi) is 6.56. The highest BCUT2D eigenvalue weighted by Crippen LogP contribution is 2.10. The third-order valence-electron chi connectivity index (χ3n) is 3.40. The molecule has 22 heavy (non-hydrogen) atoms. The van der Waals surface area contributed by atoms with E-state index in [1.54, 1.807) is 0 Å². The van der Waals surface area contributed by atoms with Crippen LogP contribution in [0, 0.1) is 0 Å². The Bertz CT molecular complexity index is 607. The molecule has 0 amide bonds. The second-order valence-electron chi connectivity index (χ2n) is 4.86. The maximum Gasteiger partial charge on any atom is 0.191 e. The first kappa shape index (κ1) is 17.1. The van der Waals surface area contributed by atoms with Gasteiger partial charge in [-0.15, -0.1) is 24.0 Å². The molecule has 1 fully saturated rings. The van der Waals surface area contributed by atoms with E-state index in [0.717, 1.165) is 36.0 Å². The number of rotatable bonds is 3. The number of nitrogens with zero attached hydrogens (tertiary/aromatic N) is 4. The first-order valence-corrected chi connectivity index (χ1v) is 8.21. The molecule has 1 aliphatic heterocycles. The Morgan fingerprint density at radius 3 is 2.64 bits per heavy atom. The zero-order chi connectivity index (χ0) is 14.5. The summed E-state index contributed by atoms with van der Waals surface area (Å²) < 4.78 is 1.86. The van der Waals surface area contributed by atoms with Crippen LogP contribution in [0.25, 0.3) is 5.69 Å². The fourth-order valence-electron chi connectivity index (χ4n) is 2.22. The summed E-state index contributed by atoms with van der Waals surface area (Å²) in [5.41, 5.74) is 8.02. The zero-order valence-electron chi connectivity index (χ0n) is 12.3. The van der Waals surface area contributed by atoms with E-state index in [1.165, 1.54) is 0 Å². The van der Waals surface area contributed by atoms with Crippen molar-refractivity contribution in [2.75, 3.05) is 24.6 Å². The molecule has 2 aromatic rings. The van der Waals surface area contributed by atoms with Crippen LogP contribution in [0.1, 0.15) is 5.69 Å². The number of halogens is 1. The average Bonchev–Trinajstić information content (AvgIpc) is 3.03. The lowest BCUT2D eigenvalue weighted by Gasteiger charge is -2.27. The molecule has 0 spiro atoms. The lowest BCUT2D eigenvalue weighted by molar-refractivity contribution is 0.455. The minimum Gasteiger partial charge on any atom is -0.370 e. The lowest BCUT2D eigenvalue weighted by atomic mass is 10.3. The second-order valence-corrected chi connectivity index (χ2v) is 6.09. The molecule has 118 valence electrons. The molecule has 5 nitrogen and oxygen atoms in total. The highest BCUT2D eigenvalue weighted by Gasteiger charge is 2.12. The Morgan fingerprint density at radius 2 is 1.91 bits per heavy atom. The van der Waals surface area contributed by atoms with Crippen LogP contribution in [0.5, 0.6) is 0 Å². The minimum atomic E-state index is 0. The Balaban J connectivity index is 0.00000176. The van der Waals surface area contributed by atoms with E-state index >= 15 is 0 Å². The van der Waals surface area contributed by atoms with Crippen molar-refractivity contribution in [3.63, 3.8) is 0 Å². The molecule has 3 rings (SSSR count). The van der Waals surface area contributed by atoms with Crippen LogP contribution in [0.4, 0.5) is 0 Å². The van der Waals surface area contributed by atoms with Crippen LogP contribution >= 0.6 is 35.7 Å². The van der Waals surface area contributed by atoms with E-state index in [4.69, 9.17) is 5.73 Å². The van der Waals surface area contributed by atoms with E-state index in [0.29, 0.717) is 12.5 Å². The van der Waals surface area contributed by atoms with Gasteiger partial charge in [0.1, 0.15) is 0 Å². The number of aromatic nitrogens is 2. The van der Waals surface area contributed by atoms with Gasteiger partial charge in [0.25, 0.3) is 0 Å². The van der Waals surface area contributed by atoms with Crippen LogP contribution in [0.3, 0.4) is 0 Å². The highest BCUT2D eigenvalue weighted by molar-refractivity contribution is 14.0. The molecule has 0 atom stereocenters. The molecule has 0 radical (unpaired) electrons. The molecule has 1 aromatic carbocycles. The Labute approximate surface area is 152 Å². The van der Waals surface area contributed by atoms with Gasteiger partial charge in [0.05, 0.1) is 17.9 Å². The first-order chi connectivity index (χ1) is 10.3. The fourth-order valence-corrected chi connectivity index (χ4v) is 3.13. The maximum absolute atomic E-state index is 6.05. The van der Waals surface area contributed by atoms with Gasteiger partial charge in [0.2, 0.25) is 0 Å². The molecule has 1 aromatic heterocycles. The van der Waals surface area contributed by atoms with Gasteiger partial charge in [-0.1, -0.05) is 18.2 Å². The van der Waals surface area contributed by atoms with Crippen molar-refractivity contribution in [2.24, 2.45) is 10.7 Å². The number of nitrogens with two attached hydrogens (primary N) is 1. The Hall–Kier alpha value is -1.22. The number of thioether (sulfide) groups is 1. The van der Waals surface area contributed by atoms with Crippen molar-refractivity contribution in [1.29, 1.82) is 0 Å². The molecule has 0 bridgehead atoms. The van der Waals surface area contributed by atoms with Gasteiger partial charge in [0, 0.05) is 30.8 Å². The molecular weight excluding hydrogens is 409 g/mol. The van der Waals surface area contributed by atoms with Crippen LogP contribution in [0.2, 0.25) is 0 Å². The highest BCUT2D eigenvalue weighted by atomic mass is 127. The van der Waals surface area contributed by atoms with Crippen LogP contribution in [-0.4, -0.2) is 45.2 Å². The predicted octanol–water partition coefficient (Wildman–Crippen LogP) is 2.35. The van der Waals surface area contributed by atoms with Gasteiger partial charge in [-0.05, 0) is 18.2 Å². The summed E-state index contributed by atoms with van der Waals surface area (Å²) in [5, 5.41) is 4.53. The lowest BCUT2D eigenvalue weighted by Crippen LogP contribution is -2.42. The molecule has 0 unspecified atom stereocenters. The molecule has 1 saturated heterocycles. The van der Waals surface area contributed by atoms with Crippen molar-refractivity contribution in [2.45, 2.75) is 6.54 Å². The van der Waals surface area contributed by atoms with E-state index in [9.17, 15) is 0 Å². The standard InChI is InChI=1S/C15H19N5S.HI/c16-15(19-8-10-21-11-9-19)17-12-13-6-7-20(18-13)14-4-2-1-3-5-14;/h1-7H,8-12H2,(H2,16,17);1H. The van der Waals surface area contributed by atoms with Crippen LogP contribution in [-0.2, 0) is 6.54 Å². The minimum absolute atomic E-state index is 0. The number of hydrogen-bond acceptors (Lipinski definition) is 3. The topological polar surface area (TPSA) is 59.4 Å². The summed E-state index contributed by atoms with van der Waals surface area (Å²) in [6.07, 6.45) is 1.95. The van der Waals surface area contributed by atoms with E-state index in [-0.39, 0.29) is 24.0 Å². The zero-order valence-corrected chi connectivity index (χ0v) is 15.4. The number of para-hydroxylation sites is 1. The summed E-state index contributed by atoms with van der Waals surface area (Å²) in [6, 6.07) is 12.0. The van der Waals surface area contributed by atoms with Gasteiger partial charge in [-0.25, -0.2) is 9.67 Å². The van der Waals surface area contributed by atoms with Crippen molar-refractivity contribution in [1.82, 2.24) is 14.7 Å². The van der Waals surface area contributed by atoms with Crippen molar-refractivity contribution in [3.8, 4) is 5.69 Å². The van der Waals surface area contributed by atoms with E-state index < -0.39 is 0 Å².